The second-order valence-electron chi connectivity index (χ2n) is 3.13. The van der Waals surface area contributed by atoms with Gasteiger partial charge < -0.3 is 0 Å². The number of hydrogen-bond donors (Lipinski definition) is 1. The van der Waals surface area contributed by atoms with E-state index in [0.717, 1.165) is 6.07 Å². The highest BCUT2D eigenvalue weighted by atomic mass is 79.9. The first-order valence-corrected chi connectivity index (χ1v) is 5.12. The van der Waals surface area contributed by atoms with Crippen molar-refractivity contribution in [2.75, 3.05) is 0 Å². The van der Waals surface area contributed by atoms with E-state index in [-0.39, 0.29) is 11.4 Å². The fourth-order valence-corrected chi connectivity index (χ4v) is 1.51. The Labute approximate surface area is 101 Å². The van der Waals surface area contributed by atoms with Crippen LogP contribution in [0, 0.1) is 5.82 Å². The first kappa shape index (κ1) is 12.0. The molecule has 3 nitrogen and oxygen atoms in total. The van der Waals surface area contributed by atoms with Crippen LogP contribution in [-0.2, 0) is 6.18 Å². The molecule has 1 aromatic heterocycles. The maximum absolute atomic E-state index is 13.4. The molecule has 0 radical (unpaired) electrons. The highest BCUT2D eigenvalue weighted by Gasteiger charge is 2.35. The van der Waals surface area contributed by atoms with E-state index >= 15 is 0 Å². The van der Waals surface area contributed by atoms with Gasteiger partial charge in [-0.05, 0) is 18.2 Å². The molecule has 0 aliphatic heterocycles. The first-order chi connectivity index (χ1) is 7.88. The minimum atomic E-state index is -4.63. The molecule has 0 spiro atoms. The van der Waals surface area contributed by atoms with Gasteiger partial charge >= 0.3 is 6.18 Å². The lowest BCUT2D eigenvalue weighted by molar-refractivity contribution is -0.144. The fourth-order valence-electron chi connectivity index (χ4n) is 1.18. The number of nitrogens with zero attached hydrogens (tertiary/aromatic N) is 2. The van der Waals surface area contributed by atoms with Crippen LogP contribution in [0.2, 0.25) is 0 Å². The van der Waals surface area contributed by atoms with Crippen LogP contribution < -0.4 is 0 Å². The van der Waals surface area contributed by atoms with Crippen LogP contribution in [0.4, 0.5) is 17.6 Å². The lowest BCUT2D eigenvalue weighted by Crippen LogP contribution is -2.07. The fraction of sp³-hybridized carbons (Fsp3) is 0.111. The normalized spacial score (nSPS) is 11.8. The number of rotatable bonds is 1. The number of alkyl halides is 3. The molecule has 0 saturated carbocycles. The maximum Gasteiger partial charge on any atom is 0.451 e. The Kier molecular flexibility index (Phi) is 2.90. The zero-order valence-corrected chi connectivity index (χ0v) is 9.60. The predicted octanol–water partition coefficient (Wildman–Crippen LogP) is 3.39. The number of benzene rings is 1. The molecule has 0 amide bonds. The Bertz CT molecular complexity index is 549. The third-order valence-corrected chi connectivity index (χ3v) is 2.42. The van der Waals surface area contributed by atoms with Crippen LogP contribution in [0.1, 0.15) is 5.82 Å². The lowest BCUT2D eigenvalue weighted by atomic mass is 10.2. The molecule has 1 heterocycles. The molecule has 0 unspecified atom stereocenters. The van der Waals surface area contributed by atoms with Crippen molar-refractivity contribution in [1.29, 1.82) is 0 Å². The van der Waals surface area contributed by atoms with E-state index in [1.54, 1.807) is 5.10 Å². The van der Waals surface area contributed by atoms with Gasteiger partial charge in [-0.1, -0.05) is 15.9 Å². The van der Waals surface area contributed by atoms with Gasteiger partial charge in [-0.15, -0.1) is 0 Å². The van der Waals surface area contributed by atoms with Crippen LogP contribution in [0.15, 0.2) is 22.7 Å². The van der Waals surface area contributed by atoms with Crippen molar-refractivity contribution >= 4 is 15.9 Å². The van der Waals surface area contributed by atoms with Crippen LogP contribution in [0.25, 0.3) is 11.4 Å². The van der Waals surface area contributed by atoms with E-state index in [0.29, 0.717) is 4.47 Å². The van der Waals surface area contributed by atoms with Gasteiger partial charge in [0.2, 0.25) is 5.82 Å². The number of nitrogens with one attached hydrogen (secondary N) is 1. The molecule has 0 atom stereocenters. The quantitative estimate of drug-likeness (QED) is 0.820. The Balaban J connectivity index is 2.44. The molecule has 0 aliphatic rings. The number of hydrogen-bond acceptors (Lipinski definition) is 2. The highest BCUT2D eigenvalue weighted by Crippen LogP contribution is 2.28. The lowest BCUT2D eigenvalue weighted by Gasteiger charge is -1.99. The van der Waals surface area contributed by atoms with Crippen molar-refractivity contribution < 1.29 is 17.6 Å². The van der Waals surface area contributed by atoms with Crippen molar-refractivity contribution in [1.82, 2.24) is 15.2 Å². The molecule has 2 aromatic rings. The summed E-state index contributed by atoms with van der Waals surface area (Å²) in [5.41, 5.74) is -0.0973. The van der Waals surface area contributed by atoms with Crippen LogP contribution >= 0.6 is 15.9 Å². The van der Waals surface area contributed by atoms with Gasteiger partial charge in [0, 0.05) is 4.47 Å². The van der Waals surface area contributed by atoms with Gasteiger partial charge in [0.15, 0.2) is 5.82 Å². The second-order valence-corrected chi connectivity index (χ2v) is 4.05. The van der Waals surface area contributed by atoms with Crippen LogP contribution in [0.5, 0.6) is 0 Å². The third kappa shape index (κ3) is 2.46. The van der Waals surface area contributed by atoms with Gasteiger partial charge in [-0.3, -0.25) is 5.10 Å². The van der Waals surface area contributed by atoms with E-state index in [1.165, 1.54) is 12.1 Å². The molecule has 0 saturated heterocycles. The van der Waals surface area contributed by atoms with E-state index < -0.39 is 17.8 Å². The third-order valence-electron chi connectivity index (χ3n) is 1.93. The van der Waals surface area contributed by atoms with Gasteiger partial charge in [-0.2, -0.15) is 18.3 Å². The molecule has 17 heavy (non-hydrogen) atoms. The number of aromatic amines is 1. The Morgan fingerprint density at radius 2 is 1.94 bits per heavy atom. The SMILES string of the molecule is Fc1cc(Br)ccc1-c1n[nH]c(C(F)(F)F)n1. The van der Waals surface area contributed by atoms with Crippen molar-refractivity contribution in [2.24, 2.45) is 0 Å². The summed E-state index contributed by atoms with van der Waals surface area (Å²) >= 11 is 3.04. The minimum absolute atomic E-state index is 0.0973. The summed E-state index contributed by atoms with van der Waals surface area (Å²) in [5, 5.41) is 5.05. The number of H-pyrrole nitrogens is 1. The van der Waals surface area contributed by atoms with Crippen molar-refractivity contribution in [3.05, 3.63) is 34.3 Å². The zero-order valence-electron chi connectivity index (χ0n) is 8.02. The summed E-state index contributed by atoms with van der Waals surface area (Å²) in [7, 11) is 0. The molecular weight excluding hydrogens is 306 g/mol. The predicted molar refractivity (Wildman–Crippen MR) is 54.5 cm³/mol. The molecular formula is C9H4BrF4N3. The molecule has 0 aliphatic carbocycles. The molecule has 0 fully saturated rings. The average molecular weight is 310 g/mol. The average Bonchev–Trinajstić information content (AvgIpc) is 2.65. The van der Waals surface area contributed by atoms with Crippen LogP contribution in [0.3, 0.4) is 0 Å². The summed E-state index contributed by atoms with van der Waals surface area (Å²) in [6.07, 6.45) is -4.63. The Morgan fingerprint density at radius 3 is 2.47 bits per heavy atom. The number of halogens is 5. The summed E-state index contributed by atoms with van der Waals surface area (Å²) in [4.78, 5) is 3.20. The summed E-state index contributed by atoms with van der Waals surface area (Å²) in [6, 6.07) is 3.91. The maximum atomic E-state index is 13.4. The molecule has 90 valence electrons. The van der Waals surface area contributed by atoms with E-state index in [1.807, 2.05) is 0 Å². The van der Waals surface area contributed by atoms with Gasteiger partial charge in [0.25, 0.3) is 0 Å². The molecule has 8 heteroatoms. The highest BCUT2D eigenvalue weighted by molar-refractivity contribution is 9.10. The van der Waals surface area contributed by atoms with Gasteiger partial charge in [-0.25, -0.2) is 9.37 Å². The molecule has 2 rings (SSSR count). The molecule has 0 bridgehead atoms. The van der Waals surface area contributed by atoms with Gasteiger partial charge in [0.1, 0.15) is 5.82 Å². The number of aromatic nitrogens is 3. The first-order valence-electron chi connectivity index (χ1n) is 4.33. The van der Waals surface area contributed by atoms with Gasteiger partial charge in [0.05, 0.1) is 5.56 Å². The van der Waals surface area contributed by atoms with Crippen molar-refractivity contribution in [3.63, 3.8) is 0 Å². The monoisotopic (exact) mass is 309 g/mol. The zero-order chi connectivity index (χ0) is 12.6. The summed E-state index contributed by atoms with van der Waals surface area (Å²) < 4.78 is 50.7. The van der Waals surface area contributed by atoms with E-state index in [4.69, 9.17) is 0 Å². The van der Waals surface area contributed by atoms with Crippen molar-refractivity contribution in [3.8, 4) is 11.4 Å². The molecule has 1 N–H and O–H groups in total. The summed E-state index contributed by atoms with van der Waals surface area (Å²) in [6.45, 7) is 0. The topological polar surface area (TPSA) is 41.6 Å². The van der Waals surface area contributed by atoms with E-state index in [9.17, 15) is 17.6 Å². The smallest absolute Gasteiger partial charge is 0.255 e. The molecule has 1 aromatic carbocycles. The summed E-state index contributed by atoms with van der Waals surface area (Å²) in [5.74, 6) is -2.29. The Morgan fingerprint density at radius 1 is 1.24 bits per heavy atom. The Hall–Kier alpha value is -1.44. The minimum Gasteiger partial charge on any atom is -0.255 e. The van der Waals surface area contributed by atoms with Crippen LogP contribution in [-0.4, -0.2) is 15.2 Å². The van der Waals surface area contributed by atoms with E-state index in [2.05, 4.69) is 26.0 Å². The standard InChI is InChI=1S/C9H4BrF4N3/c10-4-1-2-5(6(11)3-4)7-15-8(17-16-7)9(12,13)14/h1-3H,(H,15,16,17). The largest absolute Gasteiger partial charge is 0.451 e. The second kappa shape index (κ2) is 4.10. The van der Waals surface area contributed by atoms with Crippen molar-refractivity contribution in [2.45, 2.75) is 6.18 Å².